The maximum Gasteiger partial charge on any atom is 0.237 e. The summed E-state index contributed by atoms with van der Waals surface area (Å²) in [6.07, 6.45) is 1.65. The van der Waals surface area contributed by atoms with Gasteiger partial charge in [0.2, 0.25) is 5.91 Å². The third kappa shape index (κ3) is 5.41. The monoisotopic (exact) mass is 263 g/mol. The van der Waals surface area contributed by atoms with Gasteiger partial charge in [-0.15, -0.1) is 0 Å². The van der Waals surface area contributed by atoms with Gasteiger partial charge < -0.3 is 16.0 Å². The van der Waals surface area contributed by atoms with Crippen LogP contribution in [0.4, 0.5) is 0 Å². The smallest absolute Gasteiger partial charge is 0.237 e. The lowest BCUT2D eigenvalue weighted by atomic mass is 10.1. The molecule has 0 heterocycles. The molecule has 4 nitrogen and oxygen atoms in total. The Morgan fingerprint density at radius 1 is 1.32 bits per heavy atom. The summed E-state index contributed by atoms with van der Waals surface area (Å²) in [6.45, 7) is 3.44. The minimum Gasteiger partial charge on any atom is -0.351 e. The van der Waals surface area contributed by atoms with Gasteiger partial charge in [0.25, 0.3) is 0 Å². The molecule has 1 atom stereocenters. The Kier molecular flexibility index (Phi) is 6.53. The molecule has 0 saturated carbocycles. The van der Waals surface area contributed by atoms with E-state index in [1.165, 1.54) is 5.56 Å². The van der Waals surface area contributed by atoms with Gasteiger partial charge in [-0.25, -0.2) is 0 Å². The largest absolute Gasteiger partial charge is 0.351 e. The average Bonchev–Trinajstić information content (AvgIpc) is 2.37. The fourth-order valence-electron chi connectivity index (χ4n) is 1.98. The molecule has 0 fully saturated rings. The minimum absolute atomic E-state index is 0.0680. The Balaban J connectivity index is 2.59. The predicted octanol–water partition coefficient (Wildman–Crippen LogP) is 1.49. The van der Waals surface area contributed by atoms with Crippen molar-refractivity contribution < 1.29 is 4.79 Å². The standard InChI is InChI=1S/C15H25N3O/c1-4-7-14(16)15(19)17-10-12-8-5-6-9-13(12)11-18(2)3/h5-6,8-9,14H,4,7,10-11,16H2,1-3H3,(H,17,19)/t14-/m0/s1. The van der Waals surface area contributed by atoms with Gasteiger partial charge >= 0.3 is 0 Å². The van der Waals surface area contributed by atoms with Gasteiger partial charge in [-0.05, 0) is 31.6 Å². The highest BCUT2D eigenvalue weighted by atomic mass is 16.2. The third-order valence-electron chi connectivity index (χ3n) is 2.99. The predicted molar refractivity (Wildman–Crippen MR) is 78.6 cm³/mol. The Morgan fingerprint density at radius 3 is 2.53 bits per heavy atom. The highest BCUT2D eigenvalue weighted by Crippen LogP contribution is 2.10. The first-order chi connectivity index (χ1) is 9.04. The zero-order chi connectivity index (χ0) is 14.3. The van der Waals surface area contributed by atoms with Gasteiger partial charge in [0.15, 0.2) is 0 Å². The summed E-state index contributed by atoms with van der Waals surface area (Å²) in [6, 6.07) is 7.75. The molecule has 1 amide bonds. The van der Waals surface area contributed by atoms with Crippen LogP contribution in [0.3, 0.4) is 0 Å². The lowest BCUT2D eigenvalue weighted by molar-refractivity contribution is -0.122. The van der Waals surface area contributed by atoms with Crippen molar-refractivity contribution in [2.45, 2.75) is 38.9 Å². The second-order valence-electron chi connectivity index (χ2n) is 5.12. The van der Waals surface area contributed by atoms with E-state index in [2.05, 4.69) is 16.3 Å². The van der Waals surface area contributed by atoms with Crippen LogP contribution in [0.1, 0.15) is 30.9 Å². The van der Waals surface area contributed by atoms with E-state index in [1.54, 1.807) is 0 Å². The van der Waals surface area contributed by atoms with E-state index in [4.69, 9.17) is 5.73 Å². The van der Waals surface area contributed by atoms with Crippen LogP contribution < -0.4 is 11.1 Å². The molecule has 0 bridgehead atoms. The zero-order valence-electron chi connectivity index (χ0n) is 12.1. The Labute approximate surface area is 116 Å². The van der Waals surface area contributed by atoms with Crippen LogP contribution in [-0.2, 0) is 17.9 Å². The number of hydrogen-bond acceptors (Lipinski definition) is 3. The molecule has 0 aromatic heterocycles. The first-order valence-corrected chi connectivity index (χ1v) is 6.79. The van der Waals surface area contributed by atoms with Crippen molar-refractivity contribution in [1.29, 1.82) is 0 Å². The molecule has 0 saturated heterocycles. The van der Waals surface area contributed by atoms with E-state index in [-0.39, 0.29) is 5.91 Å². The lowest BCUT2D eigenvalue weighted by Crippen LogP contribution is -2.40. The van der Waals surface area contributed by atoms with E-state index >= 15 is 0 Å². The molecular weight excluding hydrogens is 238 g/mol. The van der Waals surface area contributed by atoms with Crippen LogP contribution in [0.25, 0.3) is 0 Å². The number of amides is 1. The van der Waals surface area contributed by atoms with Crippen LogP contribution in [-0.4, -0.2) is 30.9 Å². The van der Waals surface area contributed by atoms with Gasteiger partial charge in [0.05, 0.1) is 6.04 Å². The van der Waals surface area contributed by atoms with Gasteiger partial charge in [0.1, 0.15) is 0 Å². The molecular formula is C15H25N3O. The minimum atomic E-state index is -0.397. The summed E-state index contributed by atoms with van der Waals surface area (Å²) >= 11 is 0. The van der Waals surface area contributed by atoms with E-state index < -0.39 is 6.04 Å². The molecule has 0 radical (unpaired) electrons. The molecule has 0 spiro atoms. The maximum atomic E-state index is 11.8. The highest BCUT2D eigenvalue weighted by Gasteiger charge is 2.12. The number of carbonyl (C=O) groups is 1. The molecule has 3 N–H and O–H groups in total. The number of nitrogens with two attached hydrogens (primary N) is 1. The van der Waals surface area contributed by atoms with Crippen molar-refractivity contribution in [3.8, 4) is 0 Å². The molecule has 1 aromatic rings. The van der Waals surface area contributed by atoms with Crippen molar-refractivity contribution in [2.75, 3.05) is 14.1 Å². The summed E-state index contributed by atoms with van der Waals surface area (Å²) in [5.74, 6) is -0.0680. The van der Waals surface area contributed by atoms with E-state index in [9.17, 15) is 4.79 Å². The molecule has 4 heteroatoms. The van der Waals surface area contributed by atoms with Gasteiger partial charge in [0, 0.05) is 13.1 Å². The van der Waals surface area contributed by atoms with E-state index in [0.29, 0.717) is 6.54 Å². The first-order valence-electron chi connectivity index (χ1n) is 6.79. The molecule has 0 aliphatic carbocycles. The van der Waals surface area contributed by atoms with Crippen LogP contribution >= 0.6 is 0 Å². The summed E-state index contributed by atoms with van der Waals surface area (Å²) in [7, 11) is 4.07. The molecule has 0 unspecified atom stereocenters. The van der Waals surface area contributed by atoms with E-state index in [1.807, 2.05) is 39.2 Å². The summed E-state index contributed by atoms with van der Waals surface area (Å²) < 4.78 is 0. The van der Waals surface area contributed by atoms with Crippen LogP contribution in [0, 0.1) is 0 Å². The number of nitrogens with one attached hydrogen (secondary N) is 1. The summed E-state index contributed by atoms with van der Waals surface area (Å²) in [5.41, 5.74) is 8.17. The summed E-state index contributed by atoms with van der Waals surface area (Å²) in [4.78, 5) is 13.9. The maximum absolute atomic E-state index is 11.8. The van der Waals surface area contributed by atoms with Crippen molar-refractivity contribution in [1.82, 2.24) is 10.2 Å². The number of carbonyl (C=O) groups excluding carboxylic acids is 1. The quantitative estimate of drug-likeness (QED) is 0.783. The Hall–Kier alpha value is -1.39. The van der Waals surface area contributed by atoms with Crippen molar-refractivity contribution in [3.05, 3.63) is 35.4 Å². The zero-order valence-corrected chi connectivity index (χ0v) is 12.1. The number of rotatable bonds is 7. The van der Waals surface area contributed by atoms with Crippen molar-refractivity contribution >= 4 is 5.91 Å². The van der Waals surface area contributed by atoms with Crippen LogP contribution in [0.5, 0.6) is 0 Å². The first kappa shape index (κ1) is 15.7. The van der Waals surface area contributed by atoms with Gasteiger partial charge in [-0.1, -0.05) is 37.6 Å². The molecule has 1 aromatic carbocycles. The Morgan fingerprint density at radius 2 is 1.95 bits per heavy atom. The summed E-state index contributed by atoms with van der Waals surface area (Å²) in [5, 5.41) is 2.91. The van der Waals surface area contributed by atoms with Gasteiger partial charge in [-0.2, -0.15) is 0 Å². The number of nitrogens with zero attached hydrogens (tertiary/aromatic N) is 1. The fourth-order valence-corrected chi connectivity index (χ4v) is 1.98. The number of hydrogen-bond donors (Lipinski definition) is 2. The molecule has 1 rings (SSSR count). The fraction of sp³-hybridized carbons (Fsp3) is 0.533. The molecule has 0 aliphatic rings. The topological polar surface area (TPSA) is 58.4 Å². The number of benzene rings is 1. The normalized spacial score (nSPS) is 12.5. The lowest BCUT2D eigenvalue weighted by Gasteiger charge is -2.16. The third-order valence-corrected chi connectivity index (χ3v) is 2.99. The van der Waals surface area contributed by atoms with Crippen molar-refractivity contribution in [2.24, 2.45) is 5.73 Å². The van der Waals surface area contributed by atoms with Crippen LogP contribution in [0.2, 0.25) is 0 Å². The van der Waals surface area contributed by atoms with E-state index in [0.717, 1.165) is 24.9 Å². The van der Waals surface area contributed by atoms with Crippen LogP contribution in [0.15, 0.2) is 24.3 Å². The highest BCUT2D eigenvalue weighted by molar-refractivity contribution is 5.81. The SMILES string of the molecule is CCC[C@H](N)C(=O)NCc1ccccc1CN(C)C. The second kappa shape index (κ2) is 7.92. The van der Waals surface area contributed by atoms with Gasteiger partial charge in [-0.3, -0.25) is 4.79 Å². The molecule has 0 aliphatic heterocycles. The molecule has 19 heavy (non-hydrogen) atoms. The Bertz CT molecular complexity index is 404. The second-order valence-corrected chi connectivity index (χ2v) is 5.12. The average molecular weight is 263 g/mol. The van der Waals surface area contributed by atoms with Crippen molar-refractivity contribution in [3.63, 3.8) is 0 Å². The molecule has 106 valence electrons.